The van der Waals surface area contributed by atoms with Crippen LogP contribution in [0.15, 0.2) is 0 Å². The van der Waals surface area contributed by atoms with E-state index in [4.69, 9.17) is 4.74 Å². The van der Waals surface area contributed by atoms with Gasteiger partial charge in [0.2, 0.25) is 0 Å². The molecule has 12 heavy (non-hydrogen) atoms. The van der Waals surface area contributed by atoms with Crippen LogP contribution in [0.5, 0.6) is 0 Å². The number of carbonyl (C=O) groups excluding carboxylic acids is 1. The topological polar surface area (TPSA) is 26.3 Å². The first-order valence-electron chi connectivity index (χ1n) is 4.68. The molecule has 0 radical (unpaired) electrons. The van der Waals surface area contributed by atoms with Crippen LogP contribution in [0.1, 0.15) is 34.1 Å². The van der Waals surface area contributed by atoms with Gasteiger partial charge in [-0.25, -0.2) is 0 Å². The van der Waals surface area contributed by atoms with Crippen LogP contribution in [-0.4, -0.2) is 18.0 Å². The van der Waals surface area contributed by atoms with Gasteiger partial charge in [-0.2, -0.15) is 0 Å². The summed E-state index contributed by atoms with van der Waals surface area (Å²) in [4.78, 5) is 11.1. The highest BCUT2D eigenvalue weighted by Gasteiger charge is 2.36. The van der Waals surface area contributed by atoms with E-state index in [9.17, 15) is 4.79 Å². The average molecular weight is 170 g/mol. The van der Waals surface area contributed by atoms with Crippen molar-refractivity contribution in [1.82, 2.24) is 0 Å². The predicted octanol–water partition coefficient (Wildman–Crippen LogP) is 2.02. The molecule has 1 fully saturated rings. The molecule has 1 aliphatic heterocycles. The van der Waals surface area contributed by atoms with Gasteiger partial charge in [-0.1, -0.05) is 13.8 Å². The Bertz CT molecular complexity index is 175. The van der Waals surface area contributed by atoms with E-state index >= 15 is 0 Å². The minimum Gasteiger partial charge on any atom is -0.374 e. The van der Waals surface area contributed by atoms with Crippen LogP contribution >= 0.6 is 0 Å². The van der Waals surface area contributed by atoms with Crippen molar-refractivity contribution in [2.24, 2.45) is 11.8 Å². The van der Waals surface area contributed by atoms with E-state index in [0.717, 1.165) is 6.42 Å². The maximum atomic E-state index is 11.1. The Morgan fingerprint density at radius 3 is 2.33 bits per heavy atom. The Morgan fingerprint density at radius 1 is 1.50 bits per heavy atom. The van der Waals surface area contributed by atoms with Gasteiger partial charge in [-0.05, 0) is 26.2 Å². The molecule has 0 unspecified atom stereocenters. The van der Waals surface area contributed by atoms with E-state index in [1.54, 1.807) is 6.92 Å². The number of ether oxygens (including phenoxy) is 1. The zero-order valence-corrected chi connectivity index (χ0v) is 8.33. The highest BCUT2D eigenvalue weighted by atomic mass is 16.5. The molecule has 70 valence electrons. The largest absolute Gasteiger partial charge is 0.374 e. The molecule has 1 rings (SSSR count). The molecule has 2 heteroatoms. The number of ketones is 1. The molecule has 1 heterocycles. The third-order valence-corrected chi connectivity index (χ3v) is 2.71. The second-order valence-electron chi connectivity index (χ2n) is 4.08. The molecule has 0 N–H and O–H groups in total. The lowest BCUT2D eigenvalue weighted by molar-refractivity contribution is -0.122. The van der Waals surface area contributed by atoms with E-state index in [1.807, 2.05) is 6.92 Å². The number of rotatable bonds is 2. The van der Waals surface area contributed by atoms with Crippen molar-refractivity contribution in [2.75, 3.05) is 0 Å². The quantitative estimate of drug-likeness (QED) is 0.633. The van der Waals surface area contributed by atoms with Crippen LogP contribution in [0.3, 0.4) is 0 Å². The first-order chi connectivity index (χ1) is 5.52. The van der Waals surface area contributed by atoms with E-state index in [-0.39, 0.29) is 23.9 Å². The lowest BCUT2D eigenvalue weighted by Crippen LogP contribution is -2.18. The van der Waals surface area contributed by atoms with Crippen molar-refractivity contribution in [3.05, 3.63) is 0 Å². The molecule has 0 bridgehead atoms. The molecule has 0 spiro atoms. The molecule has 0 aliphatic carbocycles. The Balaban J connectivity index is 2.56. The predicted molar refractivity (Wildman–Crippen MR) is 48.0 cm³/mol. The number of carbonyl (C=O) groups is 1. The standard InChI is InChI=1S/C10H18O2/c1-6(2)10-5-9(7(3)11)8(4)12-10/h6,8-10H,5H2,1-4H3/t8-,9+,10-/m1/s1. The molecule has 1 saturated heterocycles. The van der Waals surface area contributed by atoms with Crippen molar-refractivity contribution >= 4 is 5.78 Å². The molecule has 0 aromatic heterocycles. The van der Waals surface area contributed by atoms with Crippen molar-refractivity contribution in [1.29, 1.82) is 0 Å². The summed E-state index contributed by atoms with van der Waals surface area (Å²) in [6.45, 7) is 7.93. The summed E-state index contributed by atoms with van der Waals surface area (Å²) in [5.41, 5.74) is 0. The van der Waals surface area contributed by atoms with Crippen LogP contribution in [0, 0.1) is 11.8 Å². The van der Waals surface area contributed by atoms with Gasteiger partial charge in [0.05, 0.1) is 12.2 Å². The highest BCUT2D eigenvalue weighted by Crippen LogP contribution is 2.30. The molecular formula is C10H18O2. The fourth-order valence-electron chi connectivity index (χ4n) is 1.79. The second-order valence-corrected chi connectivity index (χ2v) is 4.08. The smallest absolute Gasteiger partial charge is 0.135 e. The van der Waals surface area contributed by atoms with E-state index < -0.39 is 0 Å². The third-order valence-electron chi connectivity index (χ3n) is 2.71. The fourth-order valence-corrected chi connectivity index (χ4v) is 1.79. The molecule has 0 aromatic carbocycles. The Morgan fingerprint density at radius 2 is 2.08 bits per heavy atom. The van der Waals surface area contributed by atoms with Crippen LogP contribution in [0.4, 0.5) is 0 Å². The summed E-state index contributed by atoms with van der Waals surface area (Å²) in [5.74, 6) is 0.930. The summed E-state index contributed by atoms with van der Waals surface area (Å²) in [6, 6.07) is 0. The van der Waals surface area contributed by atoms with Crippen molar-refractivity contribution in [3.63, 3.8) is 0 Å². The summed E-state index contributed by atoms with van der Waals surface area (Å²) in [7, 11) is 0. The van der Waals surface area contributed by atoms with Gasteiger partial charge in [0.15, 0.2) is 0 Å². The minimum atomic E-state index is 0.120. The Labute approximate surface area is 74.3 Å². The summed E-state index contributed by atoms with van der Waals surface area (Å²) in [5, 5.41) is 0. The zero-order chi connectivity index (χ0) is 9.30. The van der Waals surface area contributed by atoms with Crippen LogP contribution in [0.2, 0.25) is 0 Å². The monoisotopic (exact) mass is 170 g/mol. The first kappa shape index (κ1) is 9.72. The zero-order valence-electron chi connectivity index (χ0n) is 8.33. The lowest BCUT2D eigenvalue weighted by atomic mass is 9.93. The SMILES string of the molecule is CC(=O)[C@@H]1C[C@H](C(C)C)O[C@@H]1C. The van der Waals surface area contributed by atoms with Gasteiger partial charge in [0.1, 0.15) is 5.78 Å². The maximum absolute atomic E-state index is 11.1. The molecular weight excluding hydrogens is 152 g/mol. The van der Waals surface area contributed by atoms with Gasteiger partial charge >= 0.3 is 0 Å². The summed E-state index contributed by atoms with van der Waals surface area (Å²) in [6.07, 6.45) is 1.32. The number of hydrogen-bond donors (Lipinski definition) is 0. The fraction of sp³-hybridized carbons (Fsp3) is 0.900. The maximum Gasteiger partial charge on any atom is 0.135 e. The minimum absolute atomic E-state index is 0.120. The van der Waals surface area contributed by atoms with Gasteiger partial charge < -0.3 is 4.74 Å². The van der Waals surface area contributed by atoms with Crippen molar-refractivity contribution in [3.8, 4) is 0 Å². The van der Waals surface area contributed by atoms with Crippen LogP contribution in [0.25, 0.3) is 0 Å². The normalized spacial score (nSPS) is 35.9. The first-order valence-corrected chi connectivity index (χ1v) is 4.68. The number of Topliss-reactive ketones (excluding diaryl/α,β-unsaturated/α-hetero) is 1. The van der Waals surface area contributed by atoms with Gasteiger partial charge in [0.25, 0.3) is 0 Å². The van der Waals surface area contributed by atoms with Gasteiger partial charge in [-0.3, -0.25) is 4.79 Å². The Kier molecular flexibility index (Phi) is 2.89. The number of hydrogen-bond acceptors (Lipinski definition) is 2. The van der Waals surface area contributed by atoms with Gasteiger partial charge in [0, 0.05) is 5.92 Å². The summed E-state index contributed by atoms with van der Waals surface area (Å²) >= 11 is 0. The molecule has 3 atom stereocenters. The molecule has 0 saturated carbocycles. The van der Waals surface area contributed by atoms with Crippen molar-refractivity contribution < 1.29 is 9.53 Å². The summed E-state index contributed by atoms with van der Waals surface area (Å²) < 4.78 is 5.68. The molecule has 1 aliphatic rings. The third kappa shape index (κ3) is 1.86. The van der Waals surface area contributed by atoms with E-state index in [0.29, 0.717) is 5.92 Å². The van der Waals surface area contributed by atoms with Gasteiger partial charge in [-0.15, -0.1) is 0 Å². The van der Waals surface area contributed by atoms with Crippen LogP contribution < -0.4 is 0 Å². The highest BCUT2D eigenvalue weighted by molar-refractivity contribution is 5.79. The van der Waals surface area contributed by atoms with E-state index in [2.05, 4.69) is 13.8 Å². The molecule has 2 nitrogen and oxygen atoms in total. The van der Waals surface area contributed by atoms with Crippen molar-refractivity contribution in [2.45, 2.75) is 46.3 Å². The second kappa shape index (κ2) is 3.56. The Hall–Kier alpha value is -0.370. The van der Waals surface area contributed by atoms with E-state index in [1.165, 1.54) is 0 Å². The lowest BCUT2D eigenvalue weighted by Gasteiger charge is -2.13. The molecule has 0 amide bonds. The van der Waals surface area contributed by atoms with Crippen LogP contribution in [-0.2, 0) is 9.53 Å². The average Bonchev–Trinajstić information content (AvgIpc) is 2.30. The molecule has 0 aromatic rings.